The molecule has 1 unspecified atom stereocenters. The number of carbonyl (C=O) groups excluding carboxylic acids is 1. The molecule has 0 saturated carbocycles. The van der Waals surface area contributed by atoms with Crippen LogP contribution in [0.2, 0.25) is 0 Å². The number of amides is 1. The van der Waals surface area contributed by atoms with Gasteiger partial charge in [-0.25, -0.2) is 4.98 Å². The molecule has 3 aromatic rings. The summed E-state index contributed by atoms with van der Waals surface area (Å²) in [5.41, 5.74) is 5.00. The van der Waals surface area contributed by atoms with E-state index in [4.69, 9.17) is 4.98 Å². The van der Waals surface area contributed by atoms with Gasteiger partial charge in [-0.3, -0.25) is 9.78 Å². The van der Waals surface area contributed by atoms with Crippen molar-refractivity contribution < 1.29 is 4.79 Å². The molecule has 3 heterocycles. The molecular formula is C26H31N5O. The van der Waals surface area contributed by atoms with E-state index in [0.717, 1.165) is 84.5 Å². The molecule has 6 heteroatoms. The van der Waals surface area contributed by atoms with E-state index in [9.17, 15) is 4.79 Å². The van der Waals surface area contributed by atoms with Gasteiger partial charge in [0.25, 0.3) is 5.91 Å². The maximum atomic E-state index is 13.6. The highest BCUT2D eigenvalue weighted by Gasteiger charge is 2.25. The van der Waals surface area contributed by atoms with Gasteiger partial charge in [0.1, 0.15) is 5.82 Å². The molecule has 1 amide bonds. The van der Waals surface area contributed by atoms with E-state index < -0.39 is 0 Å². The number of hydrogen-bond donors (Lipinski definition) is 1. The number of nitrogens with zero attached hydrogens (tertiary/aromatic N) is 4. The first-order chi connectivity index (χ1) is 15.6. The van der Waals surface area contributed by atoms with Crippen LogP contribution in [-0.2, 0) is 19.4 Å². The van der Waals surface area contributed by atoms with E-state index in [1.165, 1.54) is 0 Å². The van der Waals surface area contributed by atoms with E-state index in [0.29, 0.717) is 12.5 Å². The van der Waals surface area contributed by atoms with Crippen molar-refractivity contribution in [3.8, 4) is 0 Å². The van der Waals surface area contributed by atoms with Crippen LogP contribution in [0.25, 0.3) is 10.9 Å². The minimum absolute atomic E-state index is 0.0119. The lowest BCUT2D eigenvalue weighted by Crippen LogP contribution is -2.45. The van der Waals surface area contributed by atoms with Crippen LogP contribution in [0.4, 0.5) is 5.82 Å². The van der Waals surface area contributed by atoms with Crippen LogP contribution >= 0.6 is 0 Å². The fourth-order valence-electron chi connectivity index (χ4n) is 4.96. The molecule has 1 atom stereocenters. The summed E-state index contributed by atoms with van der Waals surface area (Å²) in [5, 5.41) is 4.16. The number of benzene rings is 1. The zero-order valence-electron chi connectivity index (χ0n) is 19.0. The molecule has 2 aliphatic rings. The van der Waals surface area contributed by atoms with E-state index in [1.807, 2.05) is 36.5 Å². The lowest BCUT2D eigenvalue weighted by molar-refractivity contribution is 0.0951. The molecule has 1 aliphatic carbocycles. The molecular weight excluding hydrogens is 398 g/mol. The van der Waals surface area contributed by atoms with Crippen LogP contribution in [0.5, 0.6) is 0 Å². The van der Waals surface area contributed by atoms with Gasteiger partial charge in [0.15, 0.2) is 0 Å². The number of fused-ring (bicyclic) bond motifs is 2. The highest BCUT2D eigenvalue weighted by atomic mass is 16.1. The maximum Gasteiger partial charge on any atom is 0.252 e. The third kappa shape index (κ3) is 4.07. The number of carbonyl (C=O) groups is 1. The predicted molar refractivity (Wildman–Crippen MR) is 128 cm³/mol. The summed E-state index contributed by atoms with van der Waals surface area (Å²) < 4.78 is 0. The van der Waals surface area contributed by atoms with Crippen molar-refractivity contribution in [2.75, 3.05) is 38.1 Å². The fraction of sp³-hybridized carbons (Fsp3) is 0.423. The van der Waals surface area contributed by atoms with Crippen LogP contribution in [0.1, 0.15) is 40.5 Å². The summed E-state index contributed by atoms with van der Waals surface area (Å²) >= 11 is 0. The van der Waals surface area contributed by atoms with Crippen LogP contribution in [-0.4, -0.2) is 54.0 Å². The second kappa shape index (κ2) is 8.87. The molecule has 166 valence electrons. The van der Waals surface area contributed by atoms with Gasteiger partial charge < -0.3 is 15.1 Å². The lowest BCUT2D eigenvalue weighted by Gasteiger charge is -2.34. The topological polar surface area (TPSA) is 61.4 Å². The SMILES string of the molecule is CC1CCc2nc3ccccc3c(C(=O)NCc3cccnc3N3CCN(C)CC3)c2C1. The summed E-state index contributed by atoms with van der Waals surface area (Å²) in [6, 6.07) is 12.0. The molecule has 1 fully saturated rings. The van der Waals surface area contributed by atoms with E-state index in [1.54, 1.807) is 0 Å². The second-order valence-electron chi connectivity index (χ2n) is 9.24. The molecule has 0 radical (unpaired) electrons. The number of anilines is 1. The molecule has 0 bridgehead atoms. The summed E-state index contributed by atoms with van der Waals surface area (Å²) in [5.74, 6) is 1.54. The molecule has 5 rings (SSSR count). The number of aromatic nitrogens is 2. The Labute approximate surface area is 189 Å². The third-order valence-electron chi connectivity index (χ3n) is 6.84. The number of hydrogen-bond acceptors (Lipinski definition) is 5. The molecule has 6 nitrogen and oxygen atoms in total. The molecule has 1 saturated heterocycles. The standard InChI is InChI=1S/C26H31N5O/c1-18-9-10-23-21(16-18)24(20-7-3-4-8-22(20)29-23)26(32)28-17-19-6-5-11-27-25(19)31-14-12-30(2)13-15-31/h3-8,11,18H,9-10,12-17H2,1-2H3,(H,28,32). The van der Waals surface area contributed by atoms with Gasteiger partial charge in [-0.15, -0.1) is 0 Å². The first-order valence-electron chi connectivity index (χ1n) is 11.7. The Bertz CT molecular complexity index is 1140. The van der Waals surface area contributed by atoms with Gasteiger partial charge >= 0.3 is 0 Å². The van der Waals surface area contributed by atoms with Crippen molar-refractivity contribution in [2.24, 2.45) is 5.92 Å². The molecule has 0 spiro atoms. The number of nitrogens with one attached hydrogen (secondary N) is 1. The summed E-state index contributed by atoms with van der Waals surface area (Å²) in [6.07, 6.45) is 4.82. The van der Waals surface area contributed by atoms with Crippen LogP contribution in [0, 0.1) is 5.92 Å². The first-order valence-corrected chi connectivity index (χ1v) is 11.7. The van der Waals surface area contributed by atoms with Crippen molar-refractivity contribution in [3.63, 3.8) is 0 Å². The largest absolute Gasteiger partial charge is 0.354 e. The van der Waals surface area contributed by atoms with Gasteiger partial charge in [0, 0.05) is 55.6 Å². The fourth-order valence-corrected chi connectivity index (χ4v) is 4.96. The maximum absolute atomic E-state index is 13.6. The van der Waals surface area contributed by atoms with Crippen LogP contribution in [0.3, 0.4) is 0 Å². The van der Waals surface area contributed by atoms with E-state index >= 15 is 0 Å². The zero-order valence-corrected chi connectivity index (χ0v) is 19.0. The number of aryl methyl sites for hydroxylation is 1. The number of pyridine rings is 2. The van der Waals surface area contributed by atoms with Crippen molar-refractivity contribution in [1.29, 1.82) is 0 Å². The average molecular weight is 430 g/mol. The van der Waals surface area contributed by atoms with E-state index in [-0.39, 0.29) is 5.91 Å². The van der Waals surface area contributed by atoms with E-state index in [2.05, 4.69) is 40.1 Å². The van der Waals surface area contributed by atoms with Gasteiger partial charge in [0.2, 0.25) is 0 Å². The monoisotopic (exact) mass is 429 g/mol. The van der Waals surface area contributed by atoms with Crippen molar-refractivity contribution >= 4 is 22.6 Å². The van der Waals surface area contributed by atoms with Gasteiger partial charge in [0.05, 0.1) is 11.1 Å². The van der Waals surface area contributed by atoms with Crippen LogP contribution in [0.15, 0.2) is 42.6 Å². The molecule has 1 aliphatic heterocycles. The van der Waals surface area contributed by atoms with Gasteiger partial charge in [-0.05, 0) is 49.9 Å². The van der Waals surface area contributed by atoms with Crippen molar-refractivity contribution in [2.45, 2.75) is 32.7 Å². The zero-order chi connectivity index (χ0) is 22.1. The smallest absolute Gasteiger partial charge is 0.252 e. The molecule has 32 heavy (non-hydrogen) atoms. The van der Waals surface area contributed by atoms with Gasteiger partial charge in [-0.1, -0.05) is 31.2 Å². The third-order valence-corrected chi connectivity index (χ3v) is 6.84. The summed E-state index contributed by atoms with van der Waals surface area (Å²) in [4.78, 5) is 27.8. The predicted octanol–water partition coefficient (Wildman–Crippen LogP) is 3.44. The van der Waals surface area contributed by atoms with Crippen molar-refractivity contribution in [3.05, 3.63) is 65.0 Å². The Morgan fingerprint density at radius 3 is 2.78 bits per heavy atom. The number of rotatable bonds is 4. The first kappa shape index (κ1) is 20.9. The summed E-state index contributed by atoms with van der Waals surface area (Å²) in [6.45, 7) is 6.68. The number of para-hydroxylation sites is 1. The Hall–Kier alpha value is -2.99. The Morgan fingerprint density at radius 2 is 1.94 bits per heavy atom. The lowest BCUT2D eigenvalue weighted by atomic mass is 9.84. The van der Waals surface area contributed by atoms with Crippen LogP contribution < -0.4 is 10.2 Å². The highest BCUT2D eigenvalue weighted by molar-refractivity contribution is 6.07. The molecule has 1 aromatic carbocycles. The minimum Gasteiger partial charge on any atom is -0.354 e. The number of likely N-dealkylation sites (N-methyl/N-ethyl adjacent to an activating group) is 1. The van der Waals surface area contributed by atoms with Gasteiger partial charge in [-0.2, -0.15) is 0 Å². The molecule has 1 N–H and O–H groups in total. The Kier molecular flexibility index (Phi) is 5.79. The quantitative estimate of drug-likeness (QED) is 0.689. The Balaban J connectivity index is 1.43. The Morgan fingerprint density at radius 1 is 1.12 bits per heavy atom. The minimum atomic E-state index is -0.0119. The second-order valence-corrected chi connectivity index (χ2v) is 9.24. The normalized spacial score (nSPS) is 19.1. The number of piperazine rings is 1. The van der Waals surface area contributed by atoms with Crippen molar-refractivity contribution in [1.82, 2.24) is 20.2 Å². The molecule has 2 aromatic heterocycles. The average Bonchev–Trinajstić information content (AvgIpc) is 2.82. The highest BCUT2D eigenvalue weighted by Crippen LogP contribution is 2.31. The summed E-state index contributed by atoms with van der Waals surface area (Å²) in [7, 11) is 2.15.